The fourth-order valence-corrected chi connectivity index (χ4v) is 3.33. The summed E-state index contributed by atoms with van der Waals surface area (Å²) in [6.07, 6.45) is 1.52. The van der Waals surface area contributed by atoms with Crippen molar-refractivity contribution in [3.63, 3.8) is 0 Å². The zero-order valence-electron chi connectivity index (χ0n) is 14.7. The van der Waals surface area contributed by atoms with Crippen molar-refractivity contribution in [2.45, 2.75) is 32.7 Å². The molecule has 7 nitrogen and oxygen atoms in total. The molecule has 0 saturated carbocycles. The van der Waals surface area contributed by atoms with Gasteiger partial charge in [0.05, 0.1) is 25.6 Å². The Morgan fingerprint density at radius 1 is 1.28 bits per heavy atom. The van der Waals surface area contributed by atoms with Crippen LogP contribution in [0.3, 0.4) is 0 Å². The molecule has 2 aliphatic heterocycles. The van der Waals surface area contributed by atoms with Crippen molar-refractivity contribution >= 4 is 17.6 Å². The van der Waals surface area contributed by atoms with E-state index in [1.54, 1.807) is 18.2 Å². The summed E-state index contributed by atoms with van der Waals surface area (Å²) in [4.78, 5) is 25.5. The van der Waals surface area contributed by atoms with Crippen LogP contribution in [-0.4, -0.2) is 44.4 Å². The molecule has 1 fully saturated rings. The van der Waals surface area contributed by atoms with E-state index in [1.165, 1.54) is 4.90 Å². The van der Waals surface area contributed by atoms with Gasteiger partial charge in [0.2, 0.25) is 6.79 Å². The van der Waals surface area contributed by atoms with Gasteiger partial charge in [-0.15, -0.1) is 0 Å². The minimum atomic E-state index is -0.187. The summed E-state index contributed by atoms with van der Waals surface area (Å²) in [5.41, 5.74) is 0.696. The smallest absolute Gasteiger partial charge is 0.309 e. The van der Waals surface area contributed by atoms with E-state index in [0.29, 0.717) is 23.8 Å². The summed E-state index contributed by atoms with van der Waals surface area (Å²) in [5, 5.41) is 2.94. The summed E-state index contributed by atoms with van der Waals surface area (Å²) >= 11 is 0. The molecule has 136 valence electrons. The third kappa shape index (κ3) is 4.04. The minimum absolute atomic E-state index is 0.0344. The van der Waals surface area contributed by atoms with E-state index in [9.17, 15) is 9.59 Å². The Kier molecular flexibility index (Phi) is 5.43. The monoisotopic (exact) mass is 349 g/mol. The number of amides is 1. The van der Waals surface area contributed by atoms with Gasteiger partial charge in [0, 0.05) is 24.6 Å². The highest BCUT2D eigenvalue weighted by Gasteiger charge is 2.33. The number of piperidine rings is 1. The van der Waals surface area contributed by atoms with E-state index in [-0.39, 0.29) is 30.6 Å². The number of anilines is 1. The zero-order valence-corrected chi connectivity index (χ0v) is 14.7. The first kappa shape index (κ1) is 17.5. The average molecular weight is 349 g/mol. The van der Waals surface area contributed by atoms with Crippen LogP contribution in [-0.2, 0) is 14.3 Å². The molecule has 0 spiro atoms. The number of ether oxygens (including phenoxy) is 3. The summed E-state index contributed by atoms with van der Waals surface area (Å²) in [7, 11) is 0. The van der Waals surface area contributed by atoms with Gasteiger partial charge >= 0.3 is 5.97 Å². The lowest BCUT2D eigenvalue weighted by Gasteiger charge is -2.31. The van der Waals surface area contributed by atoms with E-state index < -0.39 is 0 Å². The van der Waals surface area contributed by atoms with Crippen LogP contribution in [0.25, 0.3) is 0 Å². The van der Waals surface area contributed by atoms with Crippen molar-refractivity contribution in [1.82, 2.24) is 0 Å². The Labute approximate surface area is 147 Å². The Morgan fingerprint density at radius 3 is 2.72 bits per heavy atom. The van der Waals surface area contributed by atoms with E-state index in [1.807, 2.05) is 13.8 Å². The second-order valence-corrected chi connectivity index (χ2v) is 6.46. The highest BCUT2D eigenvalue weighted by atomic mass is 16.7. The van der Waals surface area contributed by atoms with Crippen LogP contribution >= 0.6 is 0 Å². The maximum absolute atomic E-state index is 12.5. The van der Waals surface area contributed by atoms with Crippen molar-refractivity contribution in [2.75, 3.05) is 31.8 Å². The standard InChI is InChI=1S/C18H24N2O5/c1-3-23-18(22)13-6-8-20(9-7-13)12(2)17(21)19-14-4-5-15-16(10-14)25-11-24-15/h4-5,10,12-13H,3,6-9,11H2,1-2H3,(H,19,21)/p+1/t12-/m1/s1. The Balaban J connectivity index is 1.52. The van der Waals surface area contributed by atoms with Gasteiger partial charge in [0.15, 0.2) is 17.5 Å². The van der Waals surface area contributed by atoms with E-state index in [4.69, 9.17) is 14.2 Å². The van der Waals surface area contributed by atoms with E-state index in [2.05, 4.69) is 5.32 Å². The second-order valence-electron chi connectivity index (χ2n) is 6.46. The molecule has 2 aliphatic rings. The zero-order chi connectivity index (χ0) is 17.8. The van der Waals surface area contributed by atoms with E-state index >= 15 is 0 Å². The summed E-state index contributed by atoms with van der Waals surface area (Å²) in [6, 6.07) is 5.18. The Hall–Kier alpha value is -2.28. The third-order valence-electron chi connectivity index (χ3n) is 4.89. The molecule has 1 aromatic rings. The number of nitrogens with one attached hydrogen (secondary N) is 2. The largest absolute Gasteiger partial charge is 0.466 e. The molecule has 0 aliphatic carbocycles. The van der Waals surface area contributed by atoms with Gasteiger partial charge in [-0.2, -0.15) is 0 Å². The maximum Gasteiger partial charge on any atom is 0.309 e. The van der Waals surface area contributed by atoms with Gasteiger partial charge in [-0.05, 0) is 26.0 Å². The molecule has 1 aromatic carbocycles. The number of esters is 1. The maximum atomic E-state index is 12.5. The molecule has 2 heterocycles. The summed E-state index contributed by atoms with van der Waals surface area (Å²) in [5.74, 6) is 1.15. The second kappa shape index (κ2) is 7.74. The number of carbonyl (C=O) groups excluding carboxylic acids is 2. The molecule has 1 atom stereocenters. The number of likely N-dealkylation sites (tertiary alicyclic amines) is 1. The van der Waals surface area contributed by atoms with Crippen molar-refractivity contribution < 1.29 is 28.7 Å². The van der Waals surface area contributed by atoms with Crippen LogP contribution in [0, 0.1) is 5.92 Å². The number of fused-ring (bicyclic) bond motifs is 1. The number of quaternary nitrogens is 1. The molecule has 25 heavy (non-hydrogen) atoms. The molecular formula is C18H25N2O5+. The summed E-state index contributed by atoms with van der Waals surface area (Å²) < 4.78 is 15.7. The van der Waals surface area contributed by atoms with Crippen molar-refractivity contribution in [2.24, 2.45) is 5.92 Å². The first-order chi connectivity index (χ1) is 12.1. The predicted molar refractivity (Wildman–Crippen MR) is 90.7 cm³/mol. The average Bonchev–Trinajstić information content (AvgIpc) is 3.09. The van der Waals surface area contributed by atoms with Gasteiger partial charge in [0.1, 0.15) is 0 Å². The van der Waals surface area contributed by atoms with E-state index in [0.717, 1.165) is 25.9 Å². The molecular weight excluding hydrogens is 324 g/mol. The topological polar surface area (TPSA) is 78.3 Å². The lowest BCUT2D eigenvalue weighted by atomic mass is 9.96. The first-order valence-electron chi connectivity index (χ1n) is 8.80. The third-order valence-corrected chi connectivity index (χ3v) is 4.89. The number of hydrogen-bond donors (Lipinski definition) is 2. The molecule has 2 N–H and O–H groups in total. The molecule has 3 rings (SSSR count). The van der Waals surface area contributed by atoms with Gasteiger partial charge in [0.25, 0.3) is 5.91 Å². The van der Waals surface area contributed by atoms with Crippen LogP contribution in [0.1, 0.15) is 26.7 Å². The summed E-state index contributed by atoms with van der Waals surface area (Å²) in [6.45, 7) is 5.95. The Morgan fingerprint density at radius 2 is 2.00 bits per heavy atom. The van der Waals surface area contributed by atoms with Crippen molar-refractivity contribution in [3.05, 3.63) is 18.2 Å². The van der Waals surface area contributed by atoms with Crippen LogP contribution in [0.4, 0.5) is 5.69 Å². The number of carbonyl (C=O) groups is 2. The van der Waals surface area contributed by atoms with Crippen LogP contribution in [0.2, 0.25) is 0 Å². The molecule has 0 aromatic heterocycles. The van der Waals surface area contributed by atoms with Gasteiger partial charge in [-0.3, -0.25) is 9.59 Å². The van der Waals surface area contributed by atoms with Gasteiger partial charge in [-0.25, -0.2) is 0 Å². The molecule has 0 bridgehead atoms. The highest BCUT2D eigenvalue weighted by Crippen LogP contribution is 2.34. The van der Waals surface area contributed by atoms with Crippen LogP contribution in [0.15, 0.2) is 18.2 Å². The molecule has 0 unspecified atom stereocenters. The molecule has 7 heteroatoms. The normalized spacial score (nSPS) is 23.0. The van der Waals surface area contributed by atoms with Crippen molar-refractivity contribution in [3.8, 4) is 11.5 Å². The number of hydrogen-bond acceptors (Lipinski definition) is 5. The predicted octanol–water partition coefficient (Wildman–Crippen LogP) is 0.600. The van der Waals surface area contributed by atoms with Crippen molar-refractivity contribution in [1.29, 1.82) is 0 Å². The van der Waals surface area contributed by atoms with Gasteiger partial charge < -0.3 is 24.4 Å². The quantitative estimate of drug-likeness (QED) is 0.761. The molecule has 1 amide bonds. The minimum Gasteiger partial charge on any atom is -0.466 e. The fraction of sp³-hybridized carbons (Fsp3) is 0.556. The van der Waals surface area contributed by atoms with Crippen LogP contribution in [0.5, 0.6) is 11.5 Å². The lowest BCUT2D eigenvalue weighted by Crippen LogP contribution is -3.17. The number of benzene rings is 1. The lowest BCUT2D eigenvalue weighted by molar-refractivity contribution is -0.919. The fourth-order valence-electron chi connectivity index (χ4n) is 3.33. The first-order valence-corrected chi connectivity index (χ1v) is 8.80. The number of rotatable bonds is 5. The Bertz CT molecular complexity index is 640. The SMILES string of the molecule is CCOC(=O)C1CC[NH+]([C@H](C)C(=O)Nc2ccc3c(c2)OCO3)CC1. The molecule has 1 saturated heterocycles. The molecule has 0 radical (unpaired) electrons. The highest BCUT2D eigenvalue weighted by molar-refractivity contribution is 5.94. The van der Waals surface area contributed by atoms with Gasteiger partial charge in [-0.1, -0.05) is 0 Å². The van der Waals surface area contributed by atoms with Crippen LogP contribution < -0.4 is 19.7 Å².